The second-order valence-corrected chi connectivity index (χ2v) is 5.72. The van der Waals surface area contributed by atoms with Gasteiger partial charge in [-0.3, -0.25) is 9.93 Å². The smallest absolute Gasteiger partial charge is 0.0963 e. The molecule has 1 aliphatic carbocycles. The van der Waals surface area contributed by atoms with E-state index in [1.54, 1.807) is 11.3 Å². The van der Waals surface area contributed by atoms with Gasteiger partial charge in [0.15, 0.2) is 0 Å². The van der Waals surface area contributed by atoms with Gasteiger partial charge in [0.2, 0.25) is 0 Å². The highest BCUT2D eigenvalue weighted by Crippen LogP contribution is 2.42. The van der Waals surface area contributed by atoms with E-state index in [9.17, 15) is 0 Å². The van der Waals surface area contributed by atoms with Gasteiger partial charge in [-0.05, 0) is 23.6 Å². The van der Waals surface area contributed by atoms with Crippen LogP contribution in [0.15, 0.2) is 35.7 Å². The van der Waals surface area contributed by atoms with Gasteiger partial charge in [-0.25, -0.2) is 0 Å². The number of hydrogen-bond donors (Lipinski definition) is 2. The number of aromatic amines is 1. The maximum atomic E-state index is 5.66. The van der Waals surface area contributed by atoms with Crippen LogP contribution in [-0.4, -0.2) is 10.2 Å². The van der Waals surface area contributed by atoms with Crippen LogP contribution in [0.5, 0.6) is 0 Å². The average Bonchev–Trinajstić information content (AvgIpc) is 3.10. The average molecular weight is 288 g/mol. The van der Waals surface area contributed by atoms with Crippen LogP contribution in [0.3, 0.4) is 0 Å². The Bertz CT molecular complexity index is 760. The lowest BCUT2D eigenvalue weighted by Crippen LogP contribution is -1.87. The molecule has 3 aromatic rings. The number of nitrogens with zero attached hydrogens (tertiary/aromatic N) is 1. The van der Waals surface area contributed by atoms with Gasteiger partial charge in [0.05, 0.1) is 11.4 Å². The Labute approximate surface area is 119 Å². The third-order valence-electron chi connectivity index (χ3n) is 3.46. The van der Waals surface area contributed by atoms with E-state index in [1.807, 2.05) is 18.2 Å². The molecule has 0 atom stereocenters. The fourth-order valence-corrected chi connectivity index (χ4v) is 3.60. The number of hydrogen-bond acceptors (Lipinski definition) is 3. The van der Waals surface area contributed by atoms with Crippen molar-refractivity contribution in [2.24, 2.45) is 0 Å². The van der Waals surface area contributed by atoms with E-state index in [0.717, 1.165) is 29.1 Å². The van der Waals surface area contributed by atoms with Gasteiger partial charge in [-0.15, -0.1) is 11.3 Å². The Morgan fingerprint density at radius 2 is 2.26 bits per heavy atom. The number of nitrogens with one attached hydrogen (secondary N) is 2. The Morgan fingerprint density at radius 3 is 3.16 bits per heavy atom. The first-order valence-corrected chi connectivity index (χ1v) is 7.23. The van der Waals surface area contributed by atoms with Crippen molar-refractivity contribution in [3.63, 3.8) is 0 Å². The molecular formula is C14H10ClN3S. The molecule has 0 radical (unpaired) electrons. The predicted molar refractivity (Wildman–Crippen MR) is 79.6 cm³/mol. The summed E-state index contributed by atoms with van der Waals surface area (Å²) in [6, 6.07) is 10.1. The molecule has 0 unspecified atom stereocenters. The zero-order valence-corrected chi connectivity index (χ0v) is 11.5. The molecule has 0 spiro atoms. The van der Waals surface area contributed by atoms with E-state index in [0.29, 0.717) is 0 Å². The molecule has 0 saturated heterocycles. The summed E-state index contributed by atoms with van der Waals surface area (Å²) >= 11 is 7.46. The summed E-state index contributed by atoms with van der Waals surface area (Å²) in [7, 11) is 0. The number of aromatic nitrogens is 2. The molecular weight excluding hydrogens is 278 g/mol. The van der Waals surface area contributed by atoms with Crippen LogP contribution in [0.4, 0.5) is 5.69 Å². The number of anilines is 1. The zero-order chi connectivity index (χ0) is 12.8. The lowest BCUT2D eigenvalue weighted by atomic mass is 10.1. The number of fused-ring (bicyclic) bond motifs is 3. The van der Waals surface area contributed by atoms with Crippen LogP contribution in [0, 0.1) is 0 Å². The SMILES string of the molecule is ClNc1cccc(-c2n[nH]c3c2Cc2sccc2-3)c1. The quantitative estimate of drug-likeness (QED) is 0.540. The number of rotatable bonds is 2. The second-order valence-electron chi connectivity index (χ2n) is 4.54. The maximum absolute atomic E-state index is 5.66. The van der Waals surface area contributed by atoms with E-state index in [4.69, 9.17) is 11.8 Å². The van der Waals surface area contributed by atoms with Crippen LogP contribution in [-0.2, 0) is 6.42 Å². The van der Waals surface area contributed by atoms with Crippen molar-refractivity contribution in [1.82, 2.24) is 10.2 Å². The lowest BCUT2D eigenvalue weighted by Gasteiger charge is -2.02. The van der Waals surface area contributed by atoms with Gasteiger partial charge in [-0.1, -0.05) is 12.1 Å². The lowest BCUT2D eigenvalue weighted by molar-refractivity contribution is 1.10. The molecule has 0 aliphatic heterocycles. The van der Waals surface area contributed by atoms with E-state index < -0.39 is 0 Å². The van der Waals surface area contributed by atoms with Crippen LogP contribution < -0.4 is 4.84 Å². The fourth-order valence-electron chi connectivity index (χ4n) is 2.58. The number of thiophene rings is 1. The maximum Gasteiger partial charge on any atom is 0.0963 e. The normalized spacial score (nSPS) is 12.3. The van der Waals surface area contributed by atoms with Crippen molar-refractivity contribution in [3.8, 4) is 22.5 Å². The van der Waals surface area contributed by atoms with Crippen LogP contribution in [0.2, 0.25) is 0 Å². The molecule has 3 nitrogen and oxygen atoms in total. The van der Waals surface area contributed by atoms with Crippen molar-refractivity contribution >= 4 is 28.8 Å². The molecule has 5 heteroatoms. The Morgan fingerprint density at radius 1 is 1.32 bits per heavy atom. The minimum atomic E-state index is 0.878. The predicted octanol–water partition coefficient (Wildman–Crippen LogP) is 4.28. The molecule has 0 saturated carbocycles. The first kappa shape index (κ1) is 11.1. The first-order valence-electron chi connectivity index (χ1n) is 5.98. The highest BCUT2D eigenvalue weighted by atomic mass is 35.5. The monoisotopic (exact) mass is 287 g/mol. The highest BCUT2D eigenvalue weighted by molar-refractivity contribution is 7.10. The van der Waals surface area contributed by atoms with Crippen molar-refractivity contribution in [3.05, 3.63) is 46.2 Å². The first-order chi connectivity index (χ1) is 9.36. The van der Waals surface area contributed by atoms with Gasteiger partial charge >= 0.3 is 0 Å². The van der Waals surface area contributed by atoms with Gasteiger partial charge < -0.3 is 0 Å². The minimum absolute atomic E-state index is 0.878. The summed E-state index contributed by atoms with van der Waals surface area (Å²) in [6.07, 6.45) is 0.965. The summed E-state index contributed by atoms with van der Waals surface area (Å²) in [4.78, 5) is 4.06. The van der Waals surface area contributed by atoms with E-state index in [2.05, 4.69) is 32.5 Å². The molecule has 2 heterocycles. The van der Waals surface area contributed by atoms with Gasteiger partial charge in [0, 0.05) is 45.5 Å². The van der Waals surface area contributed by atoms with Crippen molar-refractivity contribution in [2.75, 3.05) is 4.84 Å². The molecule has 1 aromatic carbocycles. The number of halogens is 1. The summed E-state index contributed by atoms with van der Waals surface area (Å²) in [5, 5.41) is 9.77. The Kier molecular flexibility index (Phi) is 2.40. The topological polar surface area (TPSA) is 40.7 Å². The summed E-state index contributed by atoms with van der Waals surface area (Å²) in [5.74, 6) is 0. The fraction of sp³-hybridized carbons (Fsp3) is 0.0714. The molecule has 0 amide bonds. The molecule has 0 bridgehead atoms. The summed E-state index contributed by atoms with van der Waals surface area (Å²) in [6.45, 7) is 0. The van der Waals surface area contributed by atoms with Crippen molar-refractivity contribution in [1.29, 1.82) is 0 Å². The van der Waals surface area contributed by atoms with Gasteiger partial charge in [0.25, 0.3) is 0 Å². The second kappa shape index (κ2) is 4.11. The molecule has 2 N–H and O–H groups in total. The van der Waals surface area contributed by atoms with Gasteiger partial charge in [0.1, 0.15) is 0 Å². The third-order valence-corrected chi connectivity index (χ3v) is 4.60. The molecule has 19 heavy (non-hydrogen) atoms. The van der Waals surface area contributed by atoms with Crippen molar-refractivity contribution in [2.45, 2.75) is 6.42 Å². The summed E-state index contributed by atoms with van der Waals surface area (Å²) < 4.78 is 0. The van der Waals surface area contributed by atoms with Crippen LogP contribution in [0.25, 0.3) is 22.5 Å². The third kappa shape index (κ3) is 1.60. The number of H-pyrrole nitrogens is 1. The number of benzene rings is 1. The highest BCUT2D eigenvalue weighted by Gasteiger charge is 2.25. The molecule has 1 aliphatic rings. The van der Waals surface area contributed by atoms with Crippen molar-refractivity contribution < 1.29 is 0 Å². The molecule has 0 fully saturated rings. The molecule has 4 rings (SSSR count). The van der Waals surface area contributed by atoms with E-state index in [-0.39, 0.29) is 0 Å². The van der Waals surface area contributed by atoms with E-state index in [1.165, 1.54) is 16.0 Å². The standard InChI is InChI=1S/C14H10ClN3S/c15-16-9-3-1-2-8(6-9)13-11-7-12-10(4-5-19-12)14(11)18-17-13/h1-6,16H,7H2,(H,17,18). The zero-order valence-electron chi connectivity index (χ0n) is 9.90. The Balaban J connectivity index is 1.85. The molecule has 2 aromatic heterocycles. The largest absolute Gasteiger partial charge is 0.298 e. The molecule has 94 valence electrons. The summed E-state index contributed by atoms with van der Waals surface area (Å²) in [5.41, 5.74) is 6.73. The Hall–Kier alpha value is -1.78. The van der Waals surface area contributed by atoms with Crippen LogP contribution in [0.1, 0.15) is 10.4 Å². The van der Waals surface area contributed by atoms with Gasteiger partial charge in [-0.2, -0.15) is 5.10 Å². The minimum Gasteiger partial charge on any atom is -0.298 e. The van der Waals surface area contributed by atoms with Crippen LogP contribution >= 0.6 is 23.1 Å². The van der Waals surface area contributed by atoms with E-state index >= 15 is 0 Å².